The molecule has 7 nitrogen and oxygen atoms in total. The normalized spacial score (nSPS) is 14.0. The number of hydrogen-bond acceptors (Lipinski definition) is 8. The molecule has 0 aliphatic carbocycles. The van der Waals surface area contributed by atoms with Crippen LogP contribution < -0.4 is 9.64 Å². The van der Waals surface area contributed by atoms with Gasteiger partial charge < -0.3 is 19.1 Å². The first-order valence-corrected chi connectivity index (χ1v) is 11.9. The van der Waals surface area contributed by atoms with E-state index in [2.05, 4.69) is 34.3 Å². The molecule has 0 fully saturated rings. The lowest BCUT2D eigenvalue weighted by Gasteiger charge is -2.22. The number of carbonyl (C=O) groups excluding carboxylic acids is 2. The first-order chi connectivity index (χ1) is 15.8. The molecule has 178 valence electrons. The van der Waals surface area contributed by atoms with Gasteiger partial charge in [-0.15, -0.1) is 0 Å². The summed E-state index contributed by atoms with van der Waals surface area (Å²) in [6, 6.07) is 7.84. The summed E-state index contributed by atoms with van der Waals surface area (Å²) in [6.45, 7) is 12.9. The van der Waals surface area contributed by atoms with Gasteiger partial charge in [0.1, 0.15) is 30.1 Å². The van der Waals surface area contributed by atoms with Gasteiger partial charge in [0.2, 0.25) is 0 Å². The summed E-state index contributed by atoms with van der Waals surface area (Å²) >= 11 is 1.36. The first-order valence-electron chi connectivity index (χ1n) is 11.1. The maximum Gasteiger partial charge on any atom is 0.351 e. The van der Waals surface area contributed by atoms with Crippen LogP contribution >= 0.6 is 11.8 Å². The molecule has 0 N–H and O–H groups in total. The molecule has 0 bridgehead atoms. The second-order valence-corrected chi connectivity index (χ2v) is 9.43. The van der Waals surface area contributed by atoms with Crippen molar-refractivity contribution in [3.8, 4) is 11.8 Å². The van der Waals surface area contributed by atoms with Crippen molar-refractivity contribution in [3.05, 3.63) is 41.5 Å². The minimum atomic E-state index is -0.745. The average molecular weight is 473 g/mol. The maximum absolute atomic E-state index is 12.7. The molecule has 0 aromatic heterocycles. The van der Waals surface area contributed by atoms with Gasteiger partial charge in [0.25, 0.3) is 0 Å². The summed E-state index contributed by atoms with van der Waals surface area (Å²) in [7, 11) is 0. The van der Waals surface area contributed by atoms with Crippen LogP contribution in [0.3, 0.4) is 0 Å². The van der Waals surface area contributed by atoms with Crippen molar-refractivity contribution >= 4 is 29.4 Å². The Balaban J connectivity index is 2.22. The van der Waals surface area contributed by atoms with Gasteiger partial charge in [0, 0.05) is 17.5 Å². The van der Waals surface area contributed by atoms with Crippen molar-refractivity contribution in [2.75, 3.05) is 31.3 Å². The van der Waals surface area contributed by atoms with E-state index in [4.69, 9.17) is 14.2 Å². The van der Waals surface area contributed by atoms with Crippen LogP contribution in [0, 0.1) is 23.2 Å². The van der Waals surface area contributed by atoms with E-state index in [1.807, 2.05) is 29.2 Å². The topological polar surface area (TPSA) is 88.9 Å². The standard InChI is InChI=1S/C25H32N2O5S/c1-6-23(28)31-13-14-32-25(29)20(16-26)24-27(11-9-17(2)3)21-8-7-19(15-22(21)33-24)30-12-10-18(4)5/h6-8,15,17-18H,1,9-14H2,2-5H3. The number of nitriles is 1. The van der Waals surface area contributed by atoms with Crippen molar-refractivity contribution < 1.29 is 23.8 Å². The fourth-order valence-electron chi connectivity index (χ4n) is 2.95. The molecule has 1 heterocycles. The number of nitrogens with zero attached hydrogens (tertiary/aromatic N) is 2. The molecule has 0 saturated heterocycles. The number of esters is 2. The molecule has 1 aromatic carbocycles. The highest BCUT2D eigenvalue weighted by atomic mass is 32.2. The van der Waals surface area contributed by atoms with Gasteiger partial charge in [0.15, 0.2) is 5.57 Å². The molecule has 0 amide bonds. The zero-order valence-corrected chi connectivity index (χ0v) is 20.6. The lowest BCUT2D eigenvalue weighted by Crippen LogP contribution is -2.24. The predicted molar refractivity (Wildman–Crippen MR) is 129 cm³/mol. The monoisotopic (exact) mass is 472 g/mol. The Morgan fingerprint density at radius 2 is 1.82 bits per heavy atom. The molecule has 1 aliphatic heterocycles. The number of thioether (sulfide) groups is 1. The van der Waals surface area contributed by atoms with Crippen LogP contribution in [0.4, 0.5) is 5.69 Å². The van der Waals surface area contributed by atoms with E-state index in [0.29, 0.717) is 30.0 Å². The molecule has 33 heavy (non-hydrogen) atoms. The van der Waals surface area contributed by atoms with E-state index in [9.17, 15) is 14.9 Å². The van der Waals surface area contributed by atoms with E-state index < -0.39 is 11.9 Å². The van der Waals surface area contributed by atoms with Crippen LogP contribution in [0.15, 0.2) is 46.4 Å². The molecule has 0 radical (unpaired) electrons. The molecule has 0 atom stereocenters. The van der Waals surface area contributed by atoms with E-state index in [1.54, 1.807) is 0 Å². The number of anilines is 1. The Morgan fingerprint density at radius 3 is 2.45 bits per heavy atom. The summed E-state index contributed by atoms with van der Waals surface area (Å²) in [6.07, 6.45) is 2.88. The van der Waals surface area contributed by atoms with E-state index >= 15 is 0 Å². The van der Waals surface area contributed by atoms with Gasteiger partial charge in [-0.2, -0.15) is 5.26 Å². The number of benzene rings is 1. The Kier molecular flexibility index (Phi) is 10.3. The van der Waals surface area contributed by atoms with E-state index in [0.717, 1.165) is 35.3 Å². The predicted octanol–water partition coefficient (Wildman–Crippen LogP) is 5.08. The van der Waals surface area contributed by atoms with Gasteiger partial charge in [0.05, 0.1) is 12.3 Å². The summed E-state index contributed by atoms with van der Waals surface area (Å²) in [5.41, 5.74) is 0.865. The average Bonchev–Trinajstić information content (AvgIpc) is 3.12. The summed E-state index contributed by atoms with van der Waals surface area (Å²) in [4.78, 5) is 26.7. The quantitative estimate of drug-likeness (QED) is 0.180. The molecular weight excluding hydrogens is 440 g/mol. The molecule has 1 aliphatic rings. The van der Waals surface area contributed by atoms with Crippen LogP contribution in [0.5, 0.6) is 5.75 Å². The molecule has 8 heteroatoms. The van der Waals surface area contributed by atoms with Gasteiger partial charge in [-0.1, -0.05) is 46.0 Å². The third-order valence-electron chi connectivity index (χ3n) is 4.83. The molecule has 0 saturated carbocycles. The number of fused-ring (bicyclic) bond motifs is 1. The zero-order valence-electron chi connectivity index (χ0n) is 19.8. The van der Waals surface area contributed by atoms with Gasteiger partial charge in [-0.25, -0.2) is 9.59 Å². The Morgan fingerprint density at radius 1 is 1.12 bits per heavy atom. The van der Waals surface area contributed by atoms with Gasteiger partial charge in [-0.3, -0.25) is 0 Å². The third-order valence-corrected chi connectivity index (χ3v) is 5.99. The van der Waals surface area contributed by atoms with Crippen LogP contribution in [0.2, 0.25) is 0 Å². The number of carbonyl (C=O) groups is 2. The lowest BCUT2D eigenvalue weighted by molar-refractivity contribution is -0.146. The van der Waals surface area contributed by atoms with Gasteiger partial charge in [-0.05, 0) is 42.9 Å². The van der Waals surface area contributed by atoms with Crippen molar-refractivity contribution in [3.63, 3.8) is 0 Å². The summed E-state index contributed by atoms with van der Waals surface area (Å²) in [5.74, 6) is 0.427. The summed E-state index contributed by atoms with van der Waals surface area (Å²) in [5, 5.41) is 10.3. The third kappa shape index (κ3) is 7.86. The SMILES string of the molecule is C=CC(=O)OCCOC(=O)C(C#N)=C1Sc2cc(OCCC(C)C)ccc2N1CCC(C)C. The zero-order chi connectivity index (χ0) is 24.4. The largest absolute Gasteiger partial charge is 0.494 e. The smallest absolute Gasteiger partial charge is 0.351 e. The Bertz CT molecular complexity index is 933. The lowest BCUT2D eigenvalue weighted by atomic mass is 10.1. The summed E-state index contributed by atoms with van der Waals surface area (Å²) < 4.78 is 15.9. The highest BCUT2D eigenvalue weighted by molar-refractivity contribution is 8.03. The number of ether oxygens (including phenoxy) is 3. The molecule has 0 spiro atoms. The van der Waals surface area contributed by atoms with E-state index in [-0.39, 0.29) is 18.8 Å². The van der Waals surface area contributed by atoms with Gasteiger partial charge >= 0.3 is 11.9 Å². The van der Waals surface area contributed by atoms with Crippen molar-refractivity contribution in [1.82, 2.24) is 0 Å². The minimum absolute atomic E-state index is 0.0720. The molecular formula is C25H32N2O5S. The maximum atomic E-state index is 12.7. The van der Waals surface area contributed by atoms with Crippen LogP contribution in [0.25, 0.3) is 0 Å². The second-order valence-electron chi connectivity index (χ2n) is 8.40. The van der Waals surface area contributed by atoms with Crippen LogP contribution in [-0.4, -0.2) is 38.3 Å². The molecule has 1 aromatic rings. The number of hydrogen-bond donors (Lipinski definition) is 0. The minimum Gasteiger partial charge on any atom is -0.494 e. The Hall–Kier alpha value is -2.92. The van der Waals surface area contributed by atoms with E-state index in [1.165, 1.54) is 11.8 Å². The second kappa shape index (κ2) is 12.9. The van der Waals surface area contributed by atoms with Crippen LogP contribution in [0.1, 0.15) is 40.5 Å². The van der Waals surface area contributed by atoms with Crippen molar-refractivity contribution in [2.45, 2.75) is 45.4 Å². The molecule has 2 rings (SSSR count). The van der Waals surface area contributed by atoms with Crippen molar-refractivity contribution in [1.29, 1.82) is 5.26 Å². The Labute approximate surface area is 200 Å². The first kappa shape index (κ1) is 26.3. The fourth-order valence-corrected chi connectivity index (χ4v) is 4.15. The highest BCUT2D eigenvalue weighted by Crippen LogP contribution is 2.48. The number of rotatable bonds is 12. The fraction of sp³-hybridized carbons (Fsp3) is 0.480. The molecule has 0 unspecified atom stereocenters. The highest BCUT2D eigenvalue weighted by Gasteiger charge is 2.31. The van der Waals surface area contributed by atoms with Crippen molar-refractivity contribution in [2.24, 2.45) is 11.8 Å². The van der Waals surface area contributed by atoms with Crippen LogP contribution in [-0.2, 0) is 19.1 Å².